The number of hydrogen-bond acceptors (Lipinski definition) is 3. The number of likely N-dealkylation sites (tertiary alicyclic amines) is 1. The molecule has 1 aromatic carbocycles. The fourth-order valence-electron chi connectivity index (χ4n) is 2.95. The van der Waals surface area contributed by atoms with Crippen LogP contribution in [0, 0.1) is 4.77 Å². The summed E-state index contributed by atoms with van der Waals surface area (Å²) in [7, 11) is 1.68. The molecule has 2 heterocycles. The molecule has 4 nitrogen and oxygen atoms in total. The van der Waals surface area contributed by atoms with Crippen molar-refractivity contribution in [3.05, 3.63) is 23.0 Å². The van der Waals surface area contributed by atoms with Crippen molar-refractivity contribution in [1.82, 2.24) is 14.5 Å². The van der Waals surface area contributed by atoms with Gasteiger partial charge in [0.15, 0.2) is 4.77 Å². The van der Waals surface area contributed by atoms with E-state index in [1.165, 1.54) is 32.5 Å². The first-order valence-electron chi connectivity index (χ1n) is 7.27. The van der Waals surface area contributed by atoms with Gasteiger partial charge in [0.1, 0.15) is 5.75 Å². The van der Waals surface area contributed by atoms with Crippen molar-refractivity contribution >= 4 is 23.3 Å². The highest BCUT2D eigenvalue weighted by molar-refractivity contribution is 7.71. The van der Waals surface area contributed by atoms with Crippen molar-refractivity contribution in [2.75, 3.05) is 26.7 Å². The van der Waals surface area contributed by atoms with Gasteiger partial charge in [-0.05, 0) is 63.2 Å². The van der Waals surface area contributed by atoms with E-state index >= 15 is 0 Å². The highest BCUT2D eigenvalue weighted by Gasteiger charge is 2.11. The van der Waals surface area contributed by atoms with Crippen LogP contribution in [0.15, 0.2) is 18.2 Å². The Morgan fingerprint density at radius 3 is 2.80 bits per heavy atom. The summed E-state index contributed by atoms with van der Waals surface area (Å²) in [6.07, 6.45) is 3.85. The van der Waals surface area contributed by atoms with Crippen LogP contribution in [0.5, 0.6) is 5.75 Å². The van der Waals surface area contributed by atoms with Crippen LogP contribution in [0.1, 0.15) is 19.3 Å². The van der Waals surface area contributed by atoms with E-state index in [1.807, 2.05) is 12.1 Å². The Morgan fingerprint density at radius 1 is 1.25 bits per heavy atom. The first kappa shape index (κ1) is 13.6. The van der Waals surface area contributed by atoms with Gasteiger partial charge in [-0.2, -0.15) is 0 Å². The lowest BCUT2D eigenvalue weighted by Gasteiger charge is -2.14. The number of benzene rings is 1. The summed E-state index contributed by atoms with van der Waals surface area (Å²) >= 11 is 5.43. The summed E-state index contributed by atoms with van der Waals surface area (Å²) in [6.45, 7) is 4.67. The normalized spacial score (nSPS) is 16.1. The molecule has 0 spiro atoms. The maximum atomic E-state index is 5.43. The maximum absolute atomic E-state index is 5.43. The van der Waals surface area contributed by atoms with E-state index in [2.05, 4.69) is 20.5 Å². The van der Waals surface area contributed by atoms with Crippen molar-refractivity contribution in [1.29, 1.82) is 0 Å². The van der Waals surface area contributed by atoms with Crippen LogP contribution in [-0.2, 0) is 6.54 Å². The van der Waals surface area contributed by atoms with Crippen molar-refractivity contribution in [3.8, 4) is 5.75 Å². The highest BCUT2D eigenvalue weighted by atomic mass is 32.1. The van der Waals surface area contributed by atoms with Crippen LogP contribution < -0.4 is 4.74 Å². The third-order valence-electron chi connectivity index (χ3n) is 4.04. The van der Waals surface area contributed by atoms with Crippen molar-refractivity contribution < 1.29 is 4.74 Å². The van der Waals surface area contributed by atoms with Gasteiger partial charge in [-0.3, -0.25) is 0 Å². The van der Waals surface area contributed by atoms with E-state index in [4.69, 9.17) is 17.0 Å². The second-order valence-electron chi connectivity index (χ2n) is 5.37. The number of aryl methyl sites for hydroxylation is 1. The average molecular weight is 291 g/mol. The minimum atomic E-state index is 0.801. The Balaban J connectivity index is 1.73. The number of rotatable bonds is 5. The zero-order valence-electron chi connectivity index (χ0n) is 11.9. The van der Waals surface area contributed by atoms with Gasteiger partial charge in [-0.1, -0.05) is 0 Å². The summed E-state index contributed by atoms with van der Waals surface area (Å²) in [5.74, 6) is 0.859. The molecule has 1 N–H and O–H groups in total. The van der Waals surface area contributed by atoms with E-state index in [9.17, 15) is 0 Å². The predicted octanol–water partition coefficient (Wildman–Crippen LogP) is 3.19. The number of nitrogens with zero attached hydrogens (tertiary/aromatic N) is 2. The molecule has 3 rings (SSSR count). The molecule has 20 heavy (non-hydrogen) atoms. The lowest BCUT2D eigenvalue weighted by atomic mass is 10.3. The topological polar surface area (TPSA) is 33.2 Å². The number of nitrogens with one attached hydrogen (secondary N) is 1. The van der Waals surface area contributed by atoms with Gasteiger partial charge < -0.3 is 19.2 Å². The lowest BCUT2D eigenvalue weighted by Crippen LogP contribution is -2.21. The maximum Gasteiger partial charge on any atom is 0.178 e. The molecule has 0 atom stereocenters. The zero-order chi connectivity index (χ0) is 13.9. The Bertz CT molecular complexity index is 640. The van der Waals surface area contributed by atoms with Crippen LogP contribution in [0.2, 0.25) is 0 Å². The van der Waals surface area contributed by atoms with Gasteiger partial charge >= 0.3 is 0 Å². The van der Waals surface area contributed by atoms with Crippen molar-refractivity contribution in [2.24, 2.45) is 0 Å². The van der Waals surface area contributed by atoms with Crippen LogP contribution in [-0.4, -0.2) is 41.2 Å². The molecule has 0 amide bonds. The fourth-order valence-corrected chi connectivity index (χ4v) is 3.25. The summed E-state index contributed by atoms with van der Waals surface area (Å²) in [5.41, 5.74) is 2.22. The standard InChI is InChI=1S/C15H21N3OS/c1-19-12-5-6-14-13(11-12)16-15(20)18(14)10-4-9-17-7-2-3-8-17/h5-6,11H,2-4,7-10H2,1H3,(H,16,20). The number of ether oxygens (including phenoxy) is 1. The summed E-state index contributed by atoms with van der Waals surface area (Å²) in [4.78, 5) is 5.81. The molecule has 1 aliphatic heterocycles. The Hall–Kier alpha value is -1.33. The summed E-state index contributed by atoms with van der Waals surface area (Å²) in [5, 5.41) is 0. The number of aromatic amines is 1. The second kappa shape index (κ2) is 5.97. The molecule has 0 aliphatic carbocycles. The molecule has 5 heteroatoms. The van der Waals surface area contributed by atoms with E-state index in [-0.39, 0.29) is 0 Å². The Morgan fingerprint density at radius 2 is 2.05 bits per heavy atom. The molecule has 0 radical (unpaired) electrons. The Kier molecular flexibility index (Phi) is 4.08. The van der Waals surface area contributed by atoms with Gasteiger partial charge in [-0.15, -0.1) is 0 Å². The van der Waals surface area contributed by atoms with Crippen LogP contribution >= 0.6 is 12.2 Å². The van der Waals surface area contributed by atoms with Crippen LogP contribution in [0.4, 0.5) is 0 Å². The molecular formula is C15H21N3OS. The molecule has 1 fully saturated rings. The van der Waals surface area contributed by atoms with E-state index < -0.39 is 0 Å². The van der Waals surface area contributed by atoms with E-state index in [0.29, 0.717) is 0 Å². The van der Waals surface area contributed by atoms with Gasteiger partial charge in [0.05, 0.1) is 18.1 Å². The molecule has 108 valence electrons. The first-order chi connectivity index (χ1) is 9.78. The molecule has 0 saturated carbocycles. The minimum absolute atomic E-state index is 0.801. The number of hydrogen-bond donors (Lipinski definition) is 1. The monoisotopic (exact) mass is 291 g/mol. The summed E-state index contributed by atoms with van der Waals surface area (Å²) in [6, 6.07) is 6.07. The quantitative estimate of drug-likeness (QED) is 0.859. The SMILES string of the molecule is COc1ccc2c(c1)[nH]c(=S)n2CCCN1CCCC1. The number of imidazole rings is 1. The van der Waals surface area contributed by atoms with Gasteiger partial charge in [0, 0.05) is 12.6 Å². The van der Waals surface area contributed by atoms with Crippen LogP contribution in [0.25, 0.3) is 11.0 Å². The number of H-pyrrole nitrogens is 1. The second-order valence-corrected chi connectivity index (χ2v) is 5.75. The molecule has 1 aliphatic rings. The Labute approximate surface area is 124 Å². The highest BCUT2D eigenvalue weighted by Crippen LogP contribution is 2.21. The van der Waals surface area contributed by atoms with E-state index in [0.717, 1.165) is 34.5 Å². The molecule has 1 aromatic heterocycles. The first-order valence-corrected chi connectivity index (χ1v) is 7.67. The third kappa shape index (κ3) is 2.74. The van der Waals surface area contributed by atoms with Crippen molar-refractivity contribution in [2.45, 2.75) is 25.8 Å². The average Bonchev–Trinajstić information content (AvgIpc) is 3.06. The molecule has 2 aromatic rings. The zero-order valence-corrected chi connectivity index (χ0v) is 12.7. The number of fused-ring (bicyclic) bond motifs is 1. The fraction of sp³-hybridized carbons (Fsp3) is 0.533. The predicted molar refractivity (Wildman–Crippen MR) is 84.0 cm³/mol. The summed E-state index contributed by atoms with van der Waals surface area (Å²) < 4.78 is 8.25. The lowest BCUT2D eigenvalue weighted by molar-refractivity contribution is 0.326. The van der Waals surface area contributed by atoms with Gasteiger partial charge in [-0.25, -0.2) is 0 Å². The minimum Gasteiger partial charge on any atom is -0.497 e. The largest absolute Gasteiger partial charge is 0.497 e. The van der Waals surface area contributed by atoms with E-state index in [1.54, 1.807) is 7.11 Å². The van der Waals surface area contributed by atoms with Crippen LogP contribution in [0.3, 0.4) is 0 Å². The molecule has 1 saturated heterocycles. The molecular weight excluding hydrogens is 270 g/mol. The number of methoxy groups -OCH3 is 1. The van der Waals surface area contributed by atoms with Gasteiger partial charge in [0.2, 0.25) is 0 Å². The number of aromatic nitrogens is 2. The smallest absolute Gasteiger partial charge is 0.178 e. The van der Waals surface area contributed by atoms with Crippen molar-refractivity contribution in [3.63, 3.8) is 0 Å². The molecule has 0 unspecified atom stereocenters. The third-order valence-corrected chi connectivity index (χ3v) is 4.36. The molecule has 0 bridgehead atoms. The van der Waals surface area contributed by atoms with Gasteiger partial charge in [0.25, 0.3) is 0 Å².